The maximum absolute atomic E-state index is 12.9. The second-order valence-corrected chi connectivity index (χ2v) is 9.41. The van der Waals surface area contributed by atoms with Crippen LogP contribution in [-0.4, -0.2) is 29.7 Å². The summed E-state index contributed by atoms with van der Waals surface area (Å²) in [6.07, 6.45) is 0. The zero-order valence-electron chi connectivity index (χ0n) is 15.3. The van der Waals surface area contributed by atoms with Gasteiger partial charge in [-0.25, -0.2) is 13.2 Å². The number of nitrogens with zero attached hydrogens (tertiary/aromatic N) is 1. The van der Waals surface area contributed by atoms with Crippen molar-refractivity contribution in [3.63, 3.8) is 0 Å². The molecule has 0 bridgehead atoms. The fourth-order valence-corrected chi connectivity index (χ4v) is 5.04. The minimum atomic E-state index is -3.82. The molecule has 0 unspecified atom stereocenters. The van der Waals surface area contributed by atoms with Gasteiger partial charge in [-0.05, 0) is 60.2 Å². The van der Waals surface area contributed by atoms with E-state index in [4.69, 9.17) is 0 Å². The van der Waals surface area contributed by atoms with Crippen molar-refractivity contribution in [1.29, 1.82) is 0 Å². The molecule has 0 atom stereocenters. The molecule has 0 saturated heterocycles. The fourth-order valence-electron chi connectivity index (χ4n) is 2.42. The van der Waals surface area contributed by atoms with Crippen molar-refractivity contribution in [3.8, 4) is 0 Å². The van der Waals surface area contributed by atoms with E-state index in [-0.39, 0.29) is 17.0 Å². The van der Waals surface area contributed by atoms with Crippen LogP contribution in [0, 0.1) is 6.92 Å². The Balaban J connectivity index is 2.33. The first-order valence-electron chi connectivity index (χ1n) is 8.31. The number of carboxylic acid groups (broad SMARTS) is 1. The Kier molecular flexibility index (Phi) is 6.49. The van der Waals surface area contributed by atoms with Gasteiger partial charge in [-0.15, -0.1) is 3.71 Å². The van der Waals surface area contributed by atoms with E-state index >= 15 is 0 Å². The van der Waals surface area contributed by atoms with Gasteiger partial charge >= 0.3 is 5.97 Å². The predicted molar refractivity (Wildman–Crippen MR) is 104 cm³/mol. The van der Waals surface area contributed by atoms with Crippen molar-refractivity contribution in [2.24, 2.45) is 0 Å². The maximum Gasteiger partial charge on any atom is 0.335 e. The molecule has 0 saturated carbocycles. The summed E-state index contributed by atoms with van der Waals surface area (Å²) in [6, 6.07) is 12.0. The lowest BCUT2D eigenvalue weighted by atomic mass is 10.0. The van der Waals surface area contributed by atoms with Crippen LogP contribution < -0.4 is 0 Å². The van der Waals surface area contributed by atoms with Crippen molar-refractivity contribution in [1.82, 2.24) is 3.71 Å². The number of aryl methyl sites for hydroxylation is 1. The second-order valence-electron chi connectivity index (χ2n) is 6.22. The van der Waals surface area contributed by atoms with E-state index in [1.54, 1.807) is 13.8 Å². The normalized spacial score (nSPS) is 11.9. The van der Waals surface area contributed by atoms with Gasteiger partial charge in [-0.2, -0.15) is 0 Å². The third-order valence-electron chi connectivity index (χ3n) is 4.02. The summed E-state index contributed by atoms with van der Waals surface area (Å²) >= 11 is 1.13. The Labute approximate surface area is 159 Å². The lowest BCUT2D eigenvalue weighted by molar-refractivity contribution is 0.0696. The minimum absolute atomic E-state index is 0.00610. The van der Waals surface area contributed by atoms with Gasteiger partial charge in [0.1, 0.15) is 0 Å². The van der Waals surface area contributed by atoms with E-state index in [2.05, 4.69) is 13.8 Å². The smallest absolute Gasteiger partial charge is 0.335 e. The summed E-state index contributed by atoms with van der Waals surface area (Å²) < 4.78 is 27.2. The third-order valence-corrected chi connectivity index (χ3v) is 7.42. The summed E-state index contributed by atoms with van der Waals surface area (Å²) in [5, 5.41) is 9.24. The molecule has 0 spiro atoms. The SMILES string of the molecule is CCN(Sc1ccc(C(C)C)cc1)S(=O)(=O)c1ccc(C)c(C(=O)O)c1. The molecule has 0 aliphatic heterocycles. The zero-order valence-corrected chi connectivity index (χ0v) is 16.9. The molecule has 0 fully saturated rings. The molecule has 2 rings (SSSR count). The molecular weight excluding hydrogens is 370 g/mol. The molecule has 5 nitrogen and oxygen atoms in total. The van der Waals surface area contributed by atoms with Crippen LogP contribution in [-0.2, 0) is 10.0 Å². The number of hydrogen-bond donors (Lipinski definition) is 1. The Bertz CT molecular complexity index is 890. The van der Waals surface area contributed by atoms with E-state index in [1.807, 2.05) is 24.3 Å². The number of carbonyl (C=O) groups is 1. The Morgan fingerprint density at radius 1 is 1.15 bits per heavy atom. The lowest BCUT2D eigenvalue weighted by Crippen LogP contribution is -2.24. The number of rotatable bonds is 7. The van der Waals surface area contributed by atoms with Crippen molar-refractivity contribution in [2.45, 2.75) is 43.4 Å². The molecule has 0 aliphatic carbocycles. The van der Waals surface area contributed by atoms with E-state index in [1.165, 1.54) is 27.5 Å². The molecule has 1 N–H and O–H groups in total. The molecule has 7 heteroatoms. The average Bonchev–Trinajstić information content (AvgIpc) is 2.59. The van der Waals surface area contributed by atoms with E-state index in [0.29, 0.717) is 11.5 Å². The number of aromatic carboxylic acids is 1. The van der Waals surface area contributed by atoms with Crippen molar-refractivity contribution < 1.29 is 18.3 Å². The first-order valence-corrected chi connectivity index (χ1v) is 10.5. The highest BCUT2D eigenvalue weighted by atomic mass is 32.3. The Morgan fingerprint density at radius 2 is 1.77 bits per heavy atom. The highest BCUT2D eigenvalue weighted by molar-refractivity contribution is 8.08. The summed E-state index contributed by atoms with van der Waals surface area (Å²) in [5.74, 6) is -0.735. The fraction of sp³-hybridized carbons (Fsp3) is 0.316. The van der Waals surface area contributed by atoms with Crippen LogP contribution in [0.5, 0.6) is 0 Å². The quantitative estimate of drug-likeness (QED) is 0.699. The molecule has 0 aromatic heterocycles. The van der Waals surface area contributed by atoms with Gasteiger partial charge < -0.3 is 5.11 Å². The van der Waals surface area contributed by atoms with E-state index < -0.39 is 16.0 Å². The highest BCUT2D eigenvalue weighted by Crippen LogP contribution is 2.30. The Morgan fingerprint density at radius 3 is 2.27 bits per heavy atom. The second kappa shape index (κ2) is 8.24. The van der Waals surface area contributed by atoms with Gasteiger partial charge in [0.15, 0.2) is 0 Å². The van der Waals surface area contributed by atoms with Crippen molar-refractivity contribution in [3.05, 3.63) is 59.2 Å². The monoisotopic (exact) mass is 393 g/mol. The van der Waals surface area contributed by atoms with Gasteiger partial charge in [-0.1, -0.05) is 39.0 Å². The summed E-state index contributed by atoms with van der Waals surface area (Å²) in [5.41, 5.74) is 1.70. The van der Waals surface area contributed by atoms with Gasteiger partial charge in [0.05, 0.1) is 10.5 Å². The number of benzene rings is 2. The van der Waals surface area contributed by atoms with Crippen LogP contribution in [0.2, 0.25) is 0 Å². The minimum Gasteiger partial charge on any atom is -0.478 e. The van der Waals surface area contributed by atoms with Crippen LogP contribution in [0.3, 0.4) is 0 Å². The molecule has 2 aromatic rings. The molecule has 26 heavy (non-hydrogen) atoms. The van der Waals surface area contributed by atoms with E-state index in [9.17, 15) is 18.3 Å². The summed E-state index contributed by atoms with van der Waals surface area (Å²) in [6.45, 7) is 7.85. The molecule has 0 heterocycles. The van der Waals surface area contributed by atoms with Crippen molar-refractivity contribution in [2.75, 3.05) is 6.54 Å². The van der Waals surface area contributed by atoms with Gasteiger partial charge in [0.25, 0.3) is 10.0 Å². The standard InChI is InChI=1S/C19H23NO4S2/c1-5-20(25-16-9-7-15(8-10-16)13(2)3)26(23,24)17-11-6-14(4)18(12-17)19(21)22/h6-13H,5H2,1-4H3,(H,21,22). The van der Waals surface area contributed by atoms with Crippen LogP contribution in [0.25, 0.3) is 0 Å². The molecule has 0 radical (unpaired) electrons. The molecule has 140 valence electrons. The van der Waals surface area contributed by atoms with Crippen LogP contribution in [0.15, 0.2) is 52.3 Å². The first-order chi connectivity index (χ1) is 12.2. The molecule has 0 aliphatic rings. The van der Waals surface area contributed by atoms with Gasteiger partial charge in [0.2, 0.25) is 0 Å². The molecule has 0 amide bonds. The summed E-state index contributed by atoms with van der Waals surface area (Å²) in [4.78, 5) is 12.1. The number of carboxylic acids is 1. The van der Waals surface area contributed by atoms with Crippen molar-refractivity contribution >= 4 is 27.9 Å². The zero-order chi connectivity index (χ0) is 19.5. The molecular formula is C19H23NO4S2. The Hall–Kier alpha value is -1.83. The van der Waals surface area contributed by atoms with Gasteiger partial charge in [0, 0.05) is 11.4 Å². The first kappa shape index (κ1) is 20.5. The average molecular weight is 394 g/mol. The van der Waals surface area contributed by atoms with E-state index in [0.717, 1.165) is 16.8 Å². The molecule has 2 aromatic carbocycles. The predicted octanol–water partition coefficient (Wildman–Crippen LogP) is 4.53. The third kappa shape index (κ3) is 4.47. The maximum atomic E-state index is 12.9. The van der Waals surface area contributed by atoms with Gasteiger partial charge in [-0.3, -0.25) is 0 Å². The largest absolute Gasteiger partial charge is 0.478 e. The van der Waals surface area contributed by atoms with Crippen LogP contribution in [0.4, 0.5) is 0 Å². The highest BCUT2D eigenvalue weighted by Gasteiger charge is 2.26. The topological polar surface area (TPSA) is 74.7 Å². The number of sulfonamides is 1. The van der Waals surface area contributed by atoms with Crippen LogP contribution >= 0.6 is 11.9 Å². The lowest BCUT2D eigenvalue weighted by Gasteiger charge is -2.20. The summed E-state index contributed by atoms with van der Waals surface area (Å²) in [7, 11) is -3.82. The number of hydrogen-bond acceptors (Lipinski definition) is 4. The van der Waals surface area contributed by atoms with Crippen LogP contribution in [0.1, 0.15) is 48.2 Å².